The van der Waals surface area contributed by atoms with Gasteiger partial charge in [-0.05, 0) is 48.2 Å². The smallest absolute Gasteiger partial charge is 0.251 e. The molecule has 2 rings (SSSR count). The van der Waals surface area contributed by atoms with Crippen molar-refractivity contribution in [3.05, 3.63) is 59.2 Å². The summed E-state index contributed by atoms with van der Waals surface area (Å²) in [6.45, 7) is 6.98. The van der Waals surface area contributed by atoms with E-state index in [0.717, 1.165) is 23.1 Å². The van der Waals surface area contributed by atoms with Crippen molar-refractivity contribution >= 4 is 21.6 Å². The molecule has 0 aromatic heterocycles. The molecule has 0 radical (unpaired) electrons. The van der Waals surface area contributed by atoms with E-state index in [1.54, 1.807) is 19.1 Å². The molecule has 0 aliphatic carbocycles. The van der Waals surface area contributed by atoms with Crippen LogP contribution < -0.4 is 14.8 Å². The van der Waals surface area contributed by atoms with Crippen LogP contribution in [0, 0.1) is 12.8 Å². The van der Waals surface area contributed by atoms with E-state index < -0.39 is 10.0 Å². The van der Waals surface area contributed by atoms with Gasteiger partial charge in [0, 0.05) is 12.1 Å². The minimum absolute atomic E-state index is 0.272. The highest BCUT2D eigenvalue weighted by molar-refractivity contribution is 7.92. The highest BCUT2D eigenvalue weighted by Crippen LogP contribution is 2.18. The monoisotopic (exact) mass is 390 g/mol. The van der Waals surface area contributed by atoms with Crippen LogP contribution >= 0.6 is 0 Å². The number of anilines is 1. The standard InChI is InChI=1S/C20H26N2O4S/c1-14(2)13-26-18-9-6-16(7-10-18)12-21-20(23)17-8-5-15(3)19(11-17)22-27(4,24)25/h5-11,14,22H,12-13H2,1-4H3,(H,21,23). The second-order valence-corrected chi connectivity index (χ2v) is 8.68. The Hall–Kier alpha value is -2.54. The number of nitrogens with one attached hydrogen (secondary N) is 2. The van der Waals surface area contributed by atoms with Crippen molar-refractivity contribution in [2.75, 3.05) is 17.6 Å². The number of amides is 1. The Balaban J connectivity index is 1.98. The quantitative estimate of drug-likeness (QED) is 0.724. The number of aryl methyl sites for hydroxylation is 1. The molecule has 0 saturated heterocycles. The lowest BCUT2D eigenvalue weighted by atomic mass is 10.1. The molecule has 7 heteroatoms. The summed E-state index contributed by atoms with van der Waals surface area (Å²) < 4.78 is 30.9. The Labute approximate surface area is 161 Å². The summed E-state index contributed by atoms with van der Waals surface area (Å²) in [6.07, 6.45) is 1.08. The molecule has 2 N–H and O–H groups in total. The van der Waals surface area contributed by atoms with Gasteiger partial charge in [0.05, 0.1) is 18.6 Å². The van der Waals surface area contributed by atoms with Crippen LogP contribution in [0.3, 0.4) is 0 Å². The Morgan fingerprint density at radius 1 is 1.11 bits per heavy atom. The van der Waals surface area contributed by atoms with Crippen LogP contribution in [-0.2, 0) is 16.6 Å². The van der Waals surface area contributed by atoms with Gasteiger partial charge in [-0.2, -0.15) is 0 Å². The minimum Gasteiger partial charge on any atom is -0.493 e. The summed E-state index contributed by atoms with van der Waals surface area (Å²) in [6, 6.07) is 12.5. The molecule has 0 saturated carbocycles. The lowest BCUT2D eigenvalue weighted by molar-refractivity contribution is 0.0951. The molecule has 6 nitrogen and oxygen atoms in total. The number of sulfonamides is 1. The summed E-state index contributed by atoms with van der Waals surface area (Å²) in [7, 11) is -3.41. The van der Waals surface area contributed by atoms with E-state index in [9.17, 15) is 13.2 Å². The van der Waals surface area contributed by atoms with Gasteiger partial charge in [0.25, 0.3) is 5.91 Å². The summed E-state index contributed by atoms with van der Waals surface area (Å²) in [5.74, 6) is 0.987. The first kappa shape index (κ1) is 20.8. The van der Waals surface area contributed by atoms with Gasteiger partial charge in [-0.15, -0.1) is 0 Å². The largest absolute Gasteiger partial charge is 0.493 e. The van der Waals surface area contributed by atoms with Gasteiger partial charge in [0.15, 0.2) is 0 Å². The topological polar surface area (TPSA) is 84.5 Å². The molecule has 0 unspecified atom stereocenters. The summed E-state index contributed by atoms with van der Waals surface area (Å²) in [5, 5.41) is 2.84. The van der Waals surface area contributed by atoms with Gasteiger partial charge in [0.2, 0.25) is 10.0 Å². The van der Waals surface area contributed by atoms with Crippen molar-refractivity contribution in [1.82, 2.24) is 5.32 Å². The third-order valence-corrected chi connectivity index (χ3v) is 4.35. The molecule has 2 aromatic carbocycles. The molecule has 0 aliphatic heterocycles. The number of benzene rings is 2. The van der Waals surface area contributed by atoms with Crippen molar-refractivity contribution in [1.29, 1.82) is 0 Å². The molecule has 0 aliphatic rings. The third-order valence-electron chi connectivity index (χ3n) is 3.75. The number of hydrogen-bond acceptors (Lipinski definition) is 4. The lowest BCUT2D eigenvalue weighted by Gasteiger charge is -2.11. The molecule has 1 amide bonds. The maximum Gasteiger partial charge on any atom is 0.251 e. The van der Waals surface area contributed by atoms with Gasteiger partial charge in [-0.25, -0.2) is 8.42 Å². The molecular formula is C20H26N2O4S. The van der Waals surface area contributed by atoms with Crippen molar-refractivity contribution in [2.24, 2.45) is 5.92 Å². The first-order chi connectivity index (χ1) is 12.6. The van der Waals surface area contributed by atoms with E-state index in [4.69, 9.17) is 4.74 Å². The fourth-order valence-electron chi connectivity index (χ4n) is 2.32. The first-order valence-electron chi connectivity index (χ1n) is 8.72. The molecule has 0 spiro atoms. The number of carbonyl (C=O) groups excluding carboxylic acids is 1. The Morgan fingerprint density at radius 2 is 1.78 bits per heavy atom. The molecule has 0 atom stereocenters. The summed E-state index contributed by atoms with van der Waals surface area (Å²) >= 11 is 0. The van der Waals surface area contributed by atoms with E-state index in [2.05, 4.69) is 23.9 Å². The van der Waals surface area contributed by atoms with Crippen LogP contribution in [-0.4, -0.2) is 27.2 Å². The summed E-state index contributed by atoms with van der Waals surface area (Å²) in [5.41, 5.74) is 2.48. The zero-order valence-corrected chi connectivity index (χ0v) is 16.9. The highest BCUT2D eigenvalue weighted by Gasteiger charge is 2.11. The van der Waals surface area contributed by atoms with Crippen LogP contribution in [0.15, 0.2) is 42.5 Å². The maximum absolute atomic E-state index is 12.4. The van der Waals surface area contributed by atoms with E-state index >= 15 is 0 Å². The fraction of sp³-hybridized carbons (Fsp3) is 0.350. The normalized spacial score (nSPS) is 11.3. The highest BCUT2D eigenvalue weighted by atomic mass is 32.2. The van der Waals surface area contributed by atoms with Crippen LogP contribution in [0.1, 0.15) is 35.3 Å². The lowest BCUT2D eigenvalue weighted by Crippen LogP contribution is -2.23. The molecule has 0 heterocycles. The van der Waals surface area contributed by atoms with Gasteiger partial charge in [0.1, 0.15) is 5.75 Å². The van der Waals surface area contributed by atoms with Crippen LogP contribution in [0.2, 0.25) is 0 Å². The molecule has 146 valence electrons. The van der Waals surface area contributed by atoms with Crippen molar-refractivity contribution in [2.45, 2.75) is 27.3 Å². The van der Waals surface area contributed by atoms with Crippen LogP contribution in [0.25, 0.3) is 0 Å². The van der Waals surface area contributed by atoms with E-state index in [-0.39, 0.29) is 5.91 Å². The van der Waals surface area contributed by atoms with Gasteiger partial charge in [-0.1, -0.05) is 32.0 Å². The second-order valence-electron chi connectivity index (χ2n) is 6.94. The number of carbonyl (C=O) groups is 1. The van der Waals surface area contributed by atoms with Crippen molar-refractivity contribution in [3.8, 4) is 5.75 Å². The second kappa shape index (κ2) is 8.90. The first-order valence-corrected chi connectivity index (χ1v) is 10.6. The number of rotatable bonds is 8. The Kier molecular flexibility index (Phi) is 6.85. The Morgan fingerprint density at radius 3 is 2.37 bits per heavy atom. The predicted molar refractivity (Wildman–Crippen MR) is 108 cm³/mol. The molecule has 2 aromatic rings. The van der Waals surface area contributed by atoms with Crippen molar-refractivity contribution < 1.29 is 17.9 Å². The summed E-state index contributed by atoms with van der Waals surface area (Å²) in [4.78, 5) is 12.4. The number of hydrogen-bond donors (Lipinski definition) is 2. The molecule has 0 fully saturated rings. The van der Waals surface area contributed by atoms with Crippen LogP contribution in [0.5, 0.6) is 5.75 Å². The fourth-order valence-corrected chi connectivity index (χ4v) is 2.94. The molecular weight excluding hydrogens is 364 g/mol. The maximum atomic E-state index is 12.4. The Bertz CT molecular complexity index is 891. The average molecular weight is 391 g/mol. The zero-order chi connectivity index (χ0) is 20.0. The van der Waals surface area contributed by atoms with Gasteiger partial charge in [-0.3, -0.25) is 9.52 Å². The van der Waals surface area contributed by atoms with Crippen molar-refractivity contribution in [3.63, 3.8) is 0 Å². The zero-order valence-electron chi connectivity index (χ0n) is 16.1. The molecule has 27 heavy (non-hydrogen) atoms. The minimum atomic E-state index is -3.41. The predicted octanol–water partition coefficient (Wildman–Crippen LogP) is 3.33. The van der Waals surface area contributed by atoms with Gasteiger partial charge < -0.3 is 10.1 Å². The molecule has 0 bridgehead atoms. The van der Waals surface area contributed by atoms with E-state index in [0.29, 0.717) is 30.3 Å². The SMILES string of the molecule is Cc1ccc(C(=O)NCc2ccc(OCC(C)C)cc2)cc1NS(C)(=O)=O. The van der Waals surface area contributed by atoms with E-state index in [1.165, 1.54) is 6.07 Å². The van der Waals surface area contributed by atoms with Crippen LogP contribution in [0.4, 0.5) is 5.69 Å². The number of ether oxygens (including phenoxy) is 1. The third kappa shape index (κ3) is 6.94. The van der Waals surface area contributed by atoms with Gasteiger partial charge >= 0.3 is 0 Å². The van der Waals surface area contributed by atoms with E-state index in [1.807, 2.05) is 24.3 Å². The average Bonchev–Trinajstić information content (AvgIpc) is 2.59.